The number of carbonyl (C=O) groups excluding carboxylic acids is 1. The maximum Gasteiger partial charge on any atom is 0.266 e. The van der Waals surface area contributed by atoms with Crippen molar-refractivity contribution in [1.82, 2.24) is 4.90 Å². The Morgan fingerprint density at radius 1 is 1.04 bits per heavy atom. The van der Waals surface area contributed by atoms with Crippen LogP contribution in [0.2, 0.25) is 0 Å². The van der Waals surface area contributed by atoms with E-state index in [0.29, 0.717) is 15.8 Å². The molecule has 6 heteroatoms. The molecule has 0 bridgehead atoms. The zero-order valence-electron chi connectivity index (χ0n) is 13.6. The van der Waals surface area contributed by atoms with Gasteiger partial charge in [0.15, 0.2) is 0 Å². The van der Waals surface area contributed by atoms with E-state index in [2.05, 4.69) is 42.2 Å². The Hall–Kier alpha value is -1.50. The second kappa shape index (κ2) is 7.59. The molecule has 124 valence electrons. The van der Waals surface area contributed by atoms with Crippen LogP contribution >= 0.6 is 35.7 Å². The van der Waals surface area contributed by atoms with Gasteiger partial charge in [0.2, 0.25) is 0 Å². The van der Waals surface area contributed by atoms with Crippen LogP contribution in [-0.2, 0) is 4.79 Å². The molecule has 0 radical (unpaired) electrons. The predicted molar refractivity (Wildman–Crippen MR) is 108 cm³/mol. The van der Waals surface area contributed by atoms with Crippen LogP contribution in [0.15, 0.2) is 63.4 Å². The number of hydrogen-bond donors (Lipinski definition) is 0. The van der Waals surface area contributed by atoms with E-state index in [4.69, 9.17) is 12.2 Å². The summed E-state index contributed by atoms with van der Waals surface area (Å²) < 4.78 is 0.638. The quantitative estimate of drug-likeness (QED) is 0.557. The molecular weight excluding hydrogens is 356 g/mol. The number of rotatable bonds is 4. The maximum absolute atomic E-state index is 12.1. The first-order valence-corrected chi connectivity index (χ1v) is 9.86. The number of anilines is 1. The topological polar surface area (TPSA) is 23.6 Å². The van der Waals surface area contributed by atoms with Gasteiger partial charge in [-0.3, -0.25) is 9.69 Å². The van der Waals surface area contributed by atoms with Crippen molar-refractivity contribution in [1.29, 1.82) is 0 Å². The lowest BCUT2D eigenvalue weighted by molar-refractivity contribution is -0.122. The van der Waals surface area contributed by atoms with Gasteiger partial charge in [-0.25, -0.2) is 0 Å². The van der Waals surface area contributed by atoms with Crippen molar-refractivity contribution >= 4 is 51.7 Å². The molecular formula is C18H18N2OS3. The number of carbonyl (C=O) groups is 1. The summed E-state index contributed by atoms with van der Waals surface area (Å²) >= 11 is 8.35. The molecule has 1 aromatic carbocycles. The van der Waals surface area contributed by atoms with Crippen molar-refractivity contribution in [3.8, 4) is 0 Å². The summed E-state index contributed by atoms with van der Waals surface area (Å²) in [6.07, 6.45) is 7.82. The van der Waals surface area contributed by atoms with Gasteiger partial charge < -0.3 is 4.90 Å². The number of thiocarbonyl (C=S) groups is 1. The lowest BCUT2D eigenvalue weighted by Gasteiger charge is -2.17. The molecule has 0 aromatic heterocycles. The Labute approximate surface area is 156 Å². The first-order chi connectivity index (χ1) is 11.7. The standard InChI is InChI=1S/C18H18N2OS3/c1-3-19-13-9-5-6-10-14(13)23-16(19)12-8-7-11-15-17(21)20(4-2)18(22)24-15/h5-12H,3-4H2,1-2H3/b8-7+,15-11-,16-12-. The first kappa shape index (κ1) is 17.3. The van der Waals surface area contributed by atoms with Crippen LogP contribution in [-0.4, -0.2) is 28.2 Å². The van der Waals surface area contributed by atoms with Crippen molar-refractivity contribution in [2.75, 3.05) is 18.0 Å². The van der Waals surface area contributed by atoms with E-state index in [9.17, 15) is 4.79 Å². The van der Waals surface area contributed by atoms with Crippen molar-refractivity contribution in [2.24, 2.45) is 0 Å². The van der Waals surface area contributed by atoms with Gasteiger partial charge in [0.1, 0.15) is 4.32 Å². The minimum atomic E-state index is 0.00244. The van der Waals surface area contributed by atoms with Gasteiger partial charge in [-0.2, -0.15) is 0 Å². The third-order valence-electron chi connectivity index (χ3n) is 3.74. The van der Waals surface area contributed by atoms with Gasteiger partial charge in [0.25, 0.3) is 5.91 Å². The molecule has 24 heavy (non-hydrogen) atoms. The zero-order chi connectivity index (χ0) is 17.1. The Morgan fingerprint density at radius 3 is 2.46 bits per heavy atom. The molecule has 3 rings (SSSR count). The van der Waals surface area contributed by atoms with Crippen LogP contribution in [0.5, 0.6) is 0 Å². The van der Waals surface area contributed by atoms with Crippen molar-refractivity contribution < 1.29 is 4.79 Å². The largest absolute Gasteiger partial charge is 0.335 e. The number of amides is 1. The van der Waals surface area contributed by atoms with Crippen LogP contribution in [0, 0.1) is 0 Å². The number of allylic oxidation sites excluding steroid dienone is 4. The summed E-state index contributed by atoms with van der Waals surface area (Å²) in [7, 11) is 0. The molecule has 0 saturated carbocycles. The van der Waals surface area contributed by atoms with E-state index >= 15 is 0 Å². The highest BCUT2D eigenvalue weighted by Crippen LogP contribution is 2.45. The molecule has 0 spiro atoms. The minimum absolute atomic E-state index is 0.00244. The van der Waals surface area contributed by atoms with Crippen molar-refractivity contribution in [3.63, 3.8) is 0 Å². The Balaban J connectivity index is 1.73. The number of thioether (sulfide) groups is 2. The van der Waals surface area contributed by atoms with Crippen LogP contribution in [0.4, 0.5) is 5.69 Å². The fourth-order valence-electron chi connectivity index (χ4n) is 2.57. The molecule has 0 aliphatic carbocycles. The van der Waals surface area contributed by atoms with Gasteiger partial charge >= 0.3 is 0 Å². The number of likely N-dealkylation sites (N-methyl/N-ethyl adjacent to an activating group) is 1. The van der Waals surface area contributed by atoms with E-state index in [1.807, 2.05) is 25.2 Å². The Bertz CT molecular complexity index is 767. The van der Waals surface area contributed by atoms with Crippen LogP contribution < -0.4 is 4.90 Å². The minimum Gasteiger partial charge on any atom is -0.335 e. The Kier molecular flexibility index (Phi) is 5.48. The second-order valence-corrected chi connectivity index (χ2v) is 7.89. The molecule has 0 unspecified atom stereocenters. The average molecular weight is 375 g/mol. The molecule has 3 nitrogen and oxygen atoms in total. The molecule has 1 aromatic rings. The third kappa shape index (κ3) is 3.31. The predicted octanol–water partition coefficient (Wildman–Crippen LogP) is 4.78. The molecule has 0 atom stereocenters. The highest BCUT2D eigenvalue weighted by atomic mass is 32.2. The summed E-state index contributed by atoms with van der Waals surface area (Å²) in [5.41, 5.74) is 1.26. The second-order valence-electron chi connectivity index (χ2n) is 5.15. The molecule has 0 N–H and O–H groups in total. The van der Waals surface area contributed by atoms with Gasteiger partial charge in [0.05, 0.1) is 15.6 Å². The summed E-state index contributed by atoms with van der Waals surface area (Å²) in [6.45, 7) is 5.63. The van der Waals surface area contributed by atoms with Gasteiger partial charge in [-0.05, 0) is 38.1 Å². The van der Waals surface area contributed by atoms with E-state index in [-0.39, 0.29) is 5.91 Å². The van der Waals surface area contributed by atoms with Crippen LogP contribution in [0.25, 0.3) is 0 Å². The zero-order valence-corrected chi connectivity index (χ0v) is 16.0. The summed E-state index contributed by atoms with van der Waals surface area (Å²) in [5, 5.41) is 1.20. The average Bonchev–Trinajstić information content (AvgIpc) is 3.08. The lowest BCUT2D eigenvalue weighted by atomic mass is 10.3. The van der Waals surface area contributed by atoms with Crippen molar-refractivity contribution in [3.05, 3.63) is 58.5 Å². The number of nitrogens with zero attached hydrogens (tertiary/aromatic N) is 2. The first-order valence-electron chi connectivity index (χ1n) is 7.82. The van der Waals surface area contributed by atoms with Crippen LogP contribution in [0.3, 0.4) is 0 Å². The van der Waals surface area contributed by atoms with Crippen LogP contribution in [0.1, 0.15) is 13.8 Å². The smallest absolute Gasteiger partial charge is 0.266 e. The third-order valence-corrected chi connectivity index (χ3v) is 6.27. The van der Waals surface area contributed by atoms with E-state index in [0.717, 1.165) is 6.54 Å². The number of hydrogen-bond acceptors (Lipinski definition) is 5. The van der Waals surface area contributed by atoms with E-state index in [1.165, 1.54) is 27.4 Å². The number of benzene rings is 1. The highest BCUT2D eigenvalue weighted by Gasteiger charge is 2.30. The molecule has 1 fully saturated rings. The van der Waals surface area contributed by atoms with Gasteiger partial charge in [0, 0.05) is 18.0 Å². The molecule has 1 amide bonds. The SMILES string of the molecule is CCN1C(=O)/C(=C/C=C/C=C2\Sc3ccccc3N2CC)SC1=S. The summed E-state index contributed by atoms with van der Waals surface area (Å²) in [5.74, 6) is 0.00244. The maximum atomic E-state index is 12.1. The van der Waals surface area contributed by atoms with Crippen molar-refractivity contribution in [2.45, 2.75) is 18.7 Å². The highest BCUT2D eigenvalue weighted by molar-refractivity contribution is 8.26. The molecule has 2 aliphatic rings. The fourth-order valence-corrected chi connectivity index (χ4v) is 5.05. The molecule has 2 aliphatic heterocycles. The van der Waals surface area contributed by atoms with Gasteiger partial charge in [-0.1, -0.05) is 60.0 Å². The molecule has 1 saturated heterocycles. The summed E-state index contributed by atoms with van der Waals surface area (Å²) in [6, 6.07) is 8.42. The fraction of sp³-hybridized carbons (Fsp3) is 0.222. The Morgan fingerprint density at radius 2 is 1.75 bits per heavy atom. The molecule has 2 heterocycles. The number of fused-ring (bicyclic) bond motifs is 1. The van der Waals surface area contributed by atoms with Gasteiger partial charge in [-0.15, -0.1) is 0 Å². The summed E-state index contributed by atoms with van der Waals surface area (Å²) in [4.78, 5) is 18.0. The monoisotopic (exact) mass is 374 g/mol. The lowest BCUT2D eigenvalue weighted by Crippen LogP contribution is -2.27. The van der Waals surface area contributed by atoms with E-state index < -0.39 is 0 Å². The normalized spacial score (nSPS) is 20.9. The number of para-hydroxylation sites is 1. The van der Waals surface area contributed by atoms with E-state index in [1.54, 1.807) is 16.7 Å².